The van der Waals surface area contributed by atoms with Gasteiger partial charge >= 0.3 is 0 Å². The molecule has 0 amide bonds. The van der Waals surface area contributed by atoms with E-state index < -0.39 is 0 Å². The van der Waals surface area contributed by atoms with Crippen molar-refractivity contribution in [3.05, 3.63) is 28.9 Å². The molecule has 0 bridgehead atoms. The van der Waals surface area contributed by atoms with Crippen LogP contribution < -0.4 is 0 Å². The number of rotatable bonds is 7. The van der Waals surface area contributed by atoms with Gasteiger partial charge in [0.25, 0.3) is 0 Å². The van der Waals surface area contributed by atoms with Crippen molar-refractivity contribution in [1.82, 2.24) is 9.78 Å². The Kier molecular flexibility index (Phi) is 5.16. The first kappa shape index (κ1) is 13.5. The van der Waals surface area contributed by atoms with Crippen molar-refractivity contribution in [3.63, 3.8) is 0 Å². The van der Waals surface area contributed by atoms with Crippen LogP contribution >= 0.6 is 15.9 Å². The molecule has 0 radical (unpaired) electrons. The highest BCUT2D eigenvalue weighted by Crippen LogP contribution is 2.19. The Hall–Kier alpha value is -0.910. The molecule has 2 rings (SSSR count). The molecule has 0 N–H and O–H groups in total. The van der Waals surface area contributed by atoms with Gasteiger partial charge in [-0.2, -0.15) is 5.10 Å². The summed E-state index contributed by atoms with van der Waals surface area (Å²) in [5.41, 5.74) is 1.13. The SMILES string of the molecule is CCOCCOCCn1ncc2cc(Br)ccc21. The quantitative estimate of drug-likeness (QED) is 0.738. The van der Waals surface area contributed by atoms with Gasteiger partial charge in [0.1, 0.15) is 0 Å². The lowest BCUT2D eigenvalue weighted by Crippen LogP contribution is -2.10. The summed E-state index contributed by atoms with van der Waals surface area (Å²) in [7, 11) is 0. The van der Waals surface area contributed by atoms with E-state index in [2.05, 4.69) is 33.2 Å². The molecule has 5 heteroatoms. The van der Waals surface area contributed by atoms with Gasteiger partial charge in [0.2, 0.25) is 0 Å². The second kappa shape index (κ2) is 6.87. The van der Waals surface area contributed by atoms with Crippen LogP contribution in [0.3, 0.4) is 0 Å². The minimum absolute atomic E-state index is 0.637. The molecule has 0 aliphatic rings. The molecule has 98 valence electrons. The van der Waals surface area contributed by atoms with Gasteiger partial charge in [-0.3, -0.25) is 4.68 Å². The third-order valence-corrected chi connectivity index (χ3v) is 3.12. The number of benzene rings is 1. The maximum absolute atomic E-state index is 5.49. The fourth-order valence-electron chi connectivity index (χ4n) is 1.75. The molecule has 0 saturated carbocycles. The molecule has 0 unspecified atom stereocenters. The van der Waals surface area contributed by atoms with Crippen LogP contribution in [-0.4, -0.2) is 36.2 Å². The zero-order valence-corrected chi connectivity index (χ0v) is 12.0. The number of aromatic nitrogens is 2. The third-order valence-electron chi connectivity index (χ3n) is 2.63. The van der Waals surface area contributed by atoms with E-state index in [0.29, 0.717) is 19.8 Å². The topological polar surface area (TPSA) is 36.3 Å². The van der Waals surface area contributed by atoms with Gasteiger partial charge in [-0.1, -0.05) is 15.9 Å². The maximum atomic E-state index is 5.49. The number of ether oxygens (including phenoxy) is 2. The first-order valence-electron chi connectivity index (χ1n) is 6.08. The van der Waals surface area contributed by atoms with Crippen molar-refractivity contribution in [3.8, 4) is 0 Å². The van der Waals surface area contributed by atoms with E-state index in [1.54, 1.807) is 0 Å². The van der Waals surface area contributed by atoms with Gasteiger partial charge in [0, 0.05) is 16.5 Å². The van der Waals surface area contributed by atoms with E-state index >= 15 is 0 Å². The summed E-state index contributed by atoms with van der Waals surface area (Å²) in [5, 5.41) is 5.49. The lowest BCUT2D eigenvalue weighted by molar-refractivity contribution is 0.0491. The Balaban J connectivity index is 1.84. The van der Waals surface area contributed by atoms with Gasteiger partial charge in [-0.15, -0.1) is 0 Å². The van der Waals surface area contributed by atoms with Crippen LogP contribution in [0.15, 0.2) is 28.9 Å². The molecular formula is C13H17BrN2O2. The van der Waals surface area contributed by atoms with Crippen molar-refractivity contribution < 1.29 is 9.47 Å². The fourth-order valence-corrected chi connectivity index (χ4v) is 2.13. The zero-order chi connectivity index (χ0) is 12.8. The predicted molar refractivity (Wildman–Crippen MR) is 74.7 cm³/mol. The Morgan fingerprint density at radius 1 is 1.22 bits per heavy atom. The van der Waals surface area contributed by atoms with E-state index in [1.807, 2.05) is 23.9 Å². The van der Waals surface area contributed by atoms with Gasteiger partial charge in [0.05, 0.1) is 38.1 Å². The van der Waals surface area contributed by atoms with Crippen LogP contribution in [0.1, 0.15) is 6.92 Å². The van der Waals surface area contributed by atoms with Crippen LogP contribution in [0, 0.1) is 0 Å². The second-order valence-corrected chi connectivity index (χ2v) is 4.80. The number of fused-ring (bicyclic) bond motifs is 1. The van der Waals surface area contributed by atoms with E-state index in [9.17, 15) is 0 Å². The van der Waals surface area contributed by atoms with E-state index in [1.165, 1.54) is 0 Å². The lowest BCUT2D eigenvalue weighted by atomic mass is 10.2. The monoisotopic (exact) mass is 312 g/mol. The smallest absolute Gasteiger partial charge is 0.0701 e. The summed E-state index contributed by atoms with van der Waals surface area (Å²) >= 11 is 3.45. The molecule has 0 spiro atoms. The molecule has 1 aromatic carbocycles. The lowest BCUT2D eigenvalue weighted by Gasteiger charge is -2.05. The summed E-state index contributed by atoms with van der Waals surface area (Å²) in [6.07, 6.45) is 1.88. The summed E-state index contributed by atoms with van der Waals surface area (Å²) in [4.78, 5) is 0. The van der Waals surface area contributed by atoms with Crippen molar-refractivity contribution in [2.75, 3.05) is 26.4 Å². The molecule has 0 aliphatic heterocycles. The highest BCUT2D eigenvalue weighted by Gasteiger charge is 2.02. The number of nitrogens with zero attached hydrogens (tertiary/aromatic N) is 2. The number of hydrogen-bond acceptors (Lipinski definition) is 3. The van der Waals surface area contributed by atoms with Crippen LogP contribution in [0.5, 0.6) is 0 Å². The standard InChI is InChI=1S/C13H17BrN2O2/c1-2-17-7-8-18-6-5-16-13-4-3-12(14)9-11(13)10-15-16/h3-4,9-10H,2,5-8H2,1H3. The van der Waals surface area contributed by atoms with E-state index in [4.69, 9.17) is 9.47 Å². The van der Waals surface area contributed by atoms with E-state index in [0.717, 1.165) is 28.5 Å². The van der Waals surface area contributed by atoms with Crippen LogP contribution in [0.2, 0.25) is 0 Å². The zero-order valence-electron chi connectivity index (χ0n) is 10.4. The van der Waals surface area contributed by atoms with Gasteiger partial charge in [-0.25, -0.2) is 0 Å². The Morgan fingerprint density at radius 3 is 2.89 bits per heavy atom. The van der Waals surface area contributed by atoms with Crippen molar-refractivity contribution in [2.45, 2.75) is 13.5 Å². The summed E-state index contributed by atoms with van der Waals surface area (Å²) in [5.74, 6) is 0. The second-order valence-electron chi connectivity index (χ2n) is 3.88. The summed E-state index contributed by atoms with van der Waals surface area (Å²) in [6, 6.07) is 6.15. The molecule has 0 aliphatic carbocycles. The Morgan fingerprint density at radius 2 is 2.06 bits per heavy atom. The normalized spacial score (nSPS) is 11.2. The Bertz CT molecular complexity index is 499. The molecule has 2 aromatic rings. The maximum Gasteiger partial charge on any atom is 0.0701 e. The average molecular weight is 313 g/mol. The largest absolute Gasteiger partial charge is 0.379 e. The van der Waals surface area contributed by atoms with Crippen molar-refractivity contribution in [1.29, 1.82) is 0 Å². The Labute approximate surface area is 115 Å². The van der Waals surface area contributed by atoms with Gasteiger partial charge in [-0.05, 0) is 25.1 Å². The third kappa shape index (κ3) is 3.54. The van der Waals surface area contributed by atoms with Crippen LogP contribution in [0.4, 0.5) is 0 Å². The molecular weight excluding hydrogens is 296 g/mol. The molecule has 18 heavy (non-hydrogen) atoms. The average Bonchev–Trinajstić information content (AvgIpc) is 2.76. The molecule has 0 atom stereocenters. The van der Waals surface area contributed by atoms with Gasteiger partial charge < -0.3 is 9.47 Å². The highest BCUT2D eigenvalue weighted by atomic mass is 79.9. The van der Waals surface area contributed by atoms with Crippen LogP contribution in [0.25, 0.3) is 10.9 Å². The molecule has 1 heterocycles. The molecule has 4 nitrogen and oxygen atoms in total. The summed E-state index contributed by atoms with van der Waals surface area (Å²) in [6.45, 7) is 5.43. The molecule has 0 saturated heterocycles. The number of halogens is 1. The van der Waals surface area contributed by atoms with E-state index in [-0.39, 0.29) is 0 Å². The van der Waals surface area contributed by atoms with Crippen LogP contribution in [-0.2, 0) is 16.0 Å². The first-order chi connectivity index (χ1) is 8.81. The predicted octanol–water partition coefficient (Wildman–Crippen LogP) is 2.85. The molecule has 0 fully saturated rings. The van der Waals surface area contributed by atoms with Crippen molar-refractivity contribution in [2.24, 2.45) is 0 Å². The van der Waals surface area contributed by atoms with Crippen molar-refractivity contribution >= 4 is 26.8 Å². The molecule has 1 aromatic heterocycles. The summed E-state index contributed by atoms with van der Waals surface area (Å²) < 4.78 is 13.7. The number of hydrogen-bond donors (Lipinski definition) is 0. The minimum Gasteiger partial charge on any atom is -0.379 e. The van der Waals surface area contributed by atoms with Gasteiger partial charge in [0.15, 0.2) is 0 Å². The first-order valence-corrected chi connectivity index (χ1v) is 6.87. The fraction of sp³-hybridized carbons (Fsp3) is 0.462. The minimum atomic E-state index is 0.637. The highest BCUT2D eigenvalue weighted by molar-refractivity contribution is 9.10.